The largest absolute Gasteiger partial charge is 0.396 e. The zero-order chi connectivity index (χ0) is 11.6. The van der Waals surface area contributed by atoms with Crippen molar-refractivity contribution in [1.29, 1.82) is 5.26 Å². The molecule has 1 atom stereocenters. The summed E-state index contributed by atoms with van der Waals surface area (Å²) < 4.78 is 0. The summed E-state index contributed by atoms with van der Waals surface area (Å²) in [6.07, 6.45) is 6.29. The molecule has 0 saturated heterocycles. The lowest BCUT2D eigenvalue weighted by molar-refractivity contribution is 0.0829. The first kappa shape index (κ1) is 14.4. The van der Waals surface area contributed by atoms with E-state index in [1.807, 2.05) is 0 Å². The average molecular weight is 213 g/mol. The highest BCUT2D eigenvalue weighted by Crippen LogP contribution is 2.32. The Morgan fingerprint density at radius 1 is 1.13 bits per heavy atom. The van der Waals surface area contributed by atoms with Gasteiger partial charge in [0.1, 0.15) is 0 Å². The van der Waals surface area contributed by atoms with Gasteiger partial charge in [0, 0.05) is 25.0 Å². The molecule has 0 amide bonds. The van der Waals surface area contributed by atoms with Crippen molar-refractivity contribution in [2.75, 3.05) is 13.2 Å². The number of hydrogen-bond acceptors (Lipinski definition) is 3. The molecular formula is C12H23NO2. The number of unbranched alkanes of at least 4 members (excludes halogenated alkanes) is 3. The number of nitrogens with zero attached hydrogens (tertiary/aromatic N) is 1. The van der Waals surface area contributed by atoms with Crippen LogP contribution in [0.2, 0.25) is 0 Å². The van der Waals surface area contributed by atoms with Crippen LogP contribution in [0.15, 0.2) is 0 Å². The van der Waals surface area contributed by atoms with Crippen molar-refractivity contribution in [3.8, 4) is 6.07 Å². The van der Waals surface area contributed by atoms with E-state index in [1.54, 1.807) is 0 Å². The summed E-state index contributed by atoms with van der Waals surface area (Å²) in [5, 5.41) is 27.0. The highest BCUT2D eigenvalue weighted by Gasteiger charge is 2.28. The highest BCUT2D eigenvalue weighted by molar-refractivity contribution is 4.88. The Kier molecular flexibility index (Phi) is 8.35. The van der Waals surface area contributed by atoms with Crippen LogP contribution in [0.3, 0.4) is 0 Å². The zero-order valence-electron chi connectivity index (χ0n) is 9.71. The minimum atomic E-state index is -0.364. The van der Waals surface area contributed by atoms with Gasteiger partial charge in [0.2, 0.25) is 0 Å². The van der Waals surface area contributed by atoms with Crippen LogP contribution in [0.25, 0.3) is 0 Å². The molecule has 0 bridgehead atoms. The van der Waals surface area contributed by atoms with Gasteiger partial charge < -0.3 is 10.2 Å². The lowest BCUT2D eigenvalue weighted by Crippen LogP contribution is -2.26. The van der Waals surface area contributed by atoms with Crippen LogP contribution in [0.5, 0.6) is 0 Å². The van der Waals surface area contributed by atoms with Gasteiger partial charge in [-0.1, -0.05) is 32.6 Å². The maximum atomic E-state index is 9.33. The van der Waals surface area contributed by atoms with E-state index in [1.165, 1.54) is 12.8 Å². The van der Waals surface area contributed by atoms with Crippen LogP contribution in [0.1, 0.15) is 51.9 Å². The quantitative estimate of drug-likeness (QED) is 0.577. The van der Waals surface area contributed by atoms with Crippen molar-refractivity contribution in [2.45, 2.75) is 51.9 Å². The van der Waals surface area contributed by atoms with E-state index in [2.05, 4.69) is 13.0 Å². The van der Waals surface area contributed by atoms with Gasteiger partial charge in [-0.15, -0.1) is 0 Å². The third-order valence-electron chi connectivity index (χ3n) is 2.99. The Bertz CT molecular complexity index is 189. The van der Waals surface area contributed by atoms with E-state index in [0.717, 1.165) is 19.3 Å². The molecule has 0 fully saturated rings. The van der Waals surface area contributed by atoms with E-state index >= 15 is 0 Å². The minimum Gasteiger partial charge on any atom is -0.396 e. The third kappa shape index (κ3) is 5.76. The molecular weight excluding hydrogens is 190 g/mol. The standard InChI is InChI=1S/C12H23NO2/c1-2-3-4-5-6-12(11-15,7-9-13)8-10-14/h14-15H,2-8,10-11H2,1H3. The van der Waals surface area contributed by atoms with E-state index in [4.69, 9.17) is 10.4 Å². The minimum absolute atomic E-state index is 0.00719. The second-order valence-electron chi connectivity index (χ2n) is 4.28. The van der Waals surface area contributed by atoms with E-state index in [9.17, 15) is 5.11 Å². The van der Waals surface area contributed by atoms with E-state index < -0.39 is 0 Å². The first-order valence-corrected chi connectivity index (χ1v) is 5.83. The Balaban J connectivity index is 4.04. The van der Waals surface area contributed by atoms with Crippen LogP contribution in [0, 0.1) is 16.7 Å². The Labute approximate surface area is 92.7 Å². The van der Waals surface area contributed by atoms with Crippen LogP contribution >= 0.6 is 0 Å². The second-order valence-corrected chi connectivity index (χ2v) is 4.28. The molecule has 0 aliphatic heterocycles. The normalized spacial score (nSPS) is 14.5. The van der Waals surface area contributed by atoms with Crippen LogP contribution < -0.4 is 0 Å². The predicted octanol–water partition coefficient (Wildman–Crippen LogP) is 2.23. The van der Waals surface area contributed by atoms with Crippen LogP contribution in [0.4, 0.5) is 0 Å². The number of aliphatic hydroxyl groups excluding tert-OH is 2. The molecule has 1 unspecified atom stereocenters. The Morgan fingerprint density at radius 3 is 2.33 bits per heavy atom. The van der Waals surface area contributed by atoms with E-state index in [-0.39, 0.29) is 18.6 Å². The first-order valence-electron chi connectivity index (χ1n) is 5.83. The molecule has 3 heteroatoms. The molecule has 0 saturated carbocycles. The summed E-state index contributed by atoms with van der Waals surface area (Å²) in [5.41, 5.74) is -0.364. The summed E-state index contributed by atoms with van der Waals surface area (Å²) in [4.78, 5) is 0. The smallest absolute Gasteiger partial charge is 0.0628 e. The lowest BCUT2D eigenvalue weighted by Gasteiger charge is -2.28. The number of rotatable bonds is 9. The molecule has 0 aromatic carbocycles. The molecule has 0 heterocycles. The van der Waals surface area contributed by atoms with Gasteiger partial charge in [-0.3, -0.25) is 0 Å². The molecule has 15 heavy (non-hydrogen) atoms. The highest BCUT2D eigenvalue weighted by atomic mass is 16.3. The summed E-state index contributed by atoms with van der Waals surface area (Å²) in [6.45, 7) is 2.21. The Hall–Kier alpha value is -0.590. The molecule has 0 aliphatic rings. The molecule has 0 radical (unpaired) electrons. The van der Waals surface area contributed by atoms with Gasteiger partial charge in [-0.2, -0.15) is 5.26 Å². The molecule has 3 nitrogen and oxygen atoms in total. The van der Waals surface area contributed by atoms with Gasteiger partial charge in [0.15, 0.2) is 0 Å². The molecule has 0 rings (SSSR count). The van der Waals surface area contributed by atoms with Crippen molar-refractivity contribution in [2.24, 2.45) is 5.41 Å². The summed E-state index contributed by atoms with van der Waals surface area (Å²) in [5.74, 6) is 0. The molecule has 0 aliphatic carbocycles. The van der Waals surface area contributed by atoms with Crippen LogP contribution in [-0.4, -0.2) is 23.4 Å². The predicted molar refractivity (Wildman–Crippen MR) is 60.2 cm³/mol. The van der Waals surface area contributed by atoms with Crippen molar-refractivity contribution < 1.29 is 10.2 Å². The molecule has 0 aromatic heterocycles. The molecule has 2 N–H and O–H groups in total. The van der Waals surface area contributed by atoms with Gasteiger partial charge in [-0.05, 0) is 12.8 Å². The van der Waals surface area contributed by atoms with Gasteiger partial charge >= 0.3 is 0 Å². The van der Waals surface area contributed by atoms with Crippen molar-refractivity contribution >= 4 is 0 Å². The monoisotopic (exact) mass is 213 g/mol. The first-order chi connectivity index (χ1) is 7.24. The van der Waals surface area contributed by atoms with Crippen molar-refractivity contribution in [1.82, 2.24) is 0 Å². The van der Waals surface area contributed by atoms with Crippen molar-refractivity contribution in [3.63, 3.8) is 0 Å². The second kappa shape index (κ2) is 8.70. The fraction of sp³-hybridized carbons (Fsp3) is 0.917. The fourth-order valence-electron chi connectivity index (χ4n) is 1.85. The zero-order valence-corrected chi connectivity index (χ0v) is 9.71. The maximum absolute atomic E-state index is 9.33. The summed E-state index contributed by atoms with van der Waals surface area (Å²) in [7, 11) is 0. The van der Waals surface area contributed by atoms with Crippen molar-refractivity contribution in [3.05, 3.63) is 0 Å². The number of aliphatic hydroxyl groups is 2. The third-order valence-corrected chi connectivity index (χ3v) is 2.99. The van der Waals surface area contributed by atoms with E-state index in [0.29, 0.717) is 12.8 Å². The fourth-order valence-corrected chi connectivity index (χ4v) is 1.85. The maximum Gasteiger partial charge on any atom is 0.0628 e. The molecule has 0 spiro atoms. The number of hydrogen-bond donors (Lipinski definition) is 2. The number of nitriles is 1. The summed E-state index contributed by atoms with van der Waals surface area (Å²) >= 11 is 0. The van der Waals surface area contributed by atoms with Gasteiger partial charge in [0.05, 0.1) is 6.07 Å². The van der Waals surface area contributed by atoms with Gasteiger partial charge in [0.25, 0.3) is 0 Å². The molecule has 88 valence electrons. The SMILES string of the molecule is CCCCCCC(CO)(CC#N)CCO. The van der Waals surface area contributed by atoms with Crippen LogP contribution in [-0.2, 0) is 0 Å². The lowest BCUT2D eigenvalue weighted by atomic mass is 9.78. The topological polar surface area (TPSA) is 64.2 Å². The molecule has 0 aromatic rings. The Morgan fingerprint density at radius 2 is 1.87 bits per heavy atom. The average Bonchev–Trinajstić information content (AvgIpc) is 2.25. The summed E-state index contributed by atoms with van der Waals surface area (Å²) in [6, 6.07) is 2.11. The van der Waals surface area contributed by atoms with Gasteiger partial charge in [-0.25, -0.2) is 0 Å².